The fourth-order valence-corrected chi connectivity index (χ4v) is 1.62. The molecule has 108 valence electrons. The van der Waals surface area contributed by atoms with Crippen molar-refractivity contribution in [2.75, 3.05) is 25.0 Å². The van der Waals surface area contributed by atoms with Gasteiger partial charge in [0.1, 0.15) is 0 Å². The fourth-order valence-electron chi connectivity index (χ4n) is 1.62. The lowest BCUT2D eigenvalue weighted by molar-refractivity contribution is 0.232. The van der Waals surface area contributed by atoms with Gasteiger partial charge in [0.15, 0.2) is 0 Å². The quantitative estimate of drug-likeness (QED) is 0.818. The predicted octanol–water partition coefficient (Wildman–Crippen LogP) is 2.01. The zero-order valence-electron chi connectivity index (χ0n) is 12.9. The lowest BCUT2D eigenvalue weighted by Crippen LogP contribution is -2.33. The Labute approximate surface area is 116 Å². The Morgan fingerprint density at radius 3 is 2.53 bits per heavy atom. The van der Waals surface area contributed by atoms with Crippen molar-refractivity contribution in [3.8, 4) is 5.88 Å². The lowest BCUT2D eigenvalue weighted by atomic mass is 10.4. The summed E-state index contributed by atoms with van der Waals surface area (Å²) >= 11 is 0. The van der Waals surface area contributed by atoms with Gasteiger partial charge in [0.05, 0.1) is 6.10 Å². The largest absolute Gasteiger partial charge is 0.475 e. The Balaban J connectivity index is 2.67. The van der Waals surface area contributed by atoms with Gasteiger partial charge in [0.2, 0.25) is 11.8 Å². The van der Waals surface area contributed by atoms with Crippen molar-refractivity contribution in [3.05, 3.63) is 11.8 Å². The summed E-state index contributed by atoms with van der Waals surface area (Å²) in [5, 5.41) is 3.38. The second-order valence-electron chi connectivity index (χ2n) is 5.34. The second-order valence-corrected chi connectivity index (χ2v) is 5.34. The van der Waals surface area contributed by atoms with Crippen molar-refractivity contribution >= 4 is 5.95 Å². The molecule has 0 spiro atoms. The first-order valence-electron chi connectivity index (χ1n) is 6.85. The summed E-state index contributed by atoms with van der Waals surface area (Å²) in [6.07, 6.45) is 0.120. The molecule has 5 nitrogen and oxygen atoms in total. The van der Waals surface area contributed by atoms with Gasteiger partial charge in [-0.3, -0.25) is 0 Å². The summed E-state index contributed by atoms with van der Waals surface area (Å²) in [5.41, 5.74) is 0.921. The highest BCUT2D eigenvalue weighted by atomic mass is 16.5. The van der Waals surface area contributed by atoms with E-state index in [4.69, 9.17) is 4.74 Å². The van der Waals surface area contributed by atoms with E-state index in [9.17, 15) is 0 Å². The number of hydrogen-bond acceptors (Lipinski definition) is 5. The average Bonchev–Trinajstić information content (AvgIpc) is 2.26. The Kier molecular flexibility index (Phi) is 6.02. The van der Waals surface area contributed by atoms with Crippen LogP contribution < -0.4 is 15.0 Å². The summed E-state index contributed by atoms with van der Waals surface area (Å²) in [7, 11) is 2.00. The number of nitrogens with zero attached hydrogens (tertiary/aromatic N) is 3. The average molecular weight is 266 g/mol. The van der Waals surface area contributed by atoms with Gasteiger partial charge in [-0.15, -0.1) is 0 Å². The van der Waals surface area contributed by atoms with E-state index < -0.39 is 0 Å². The third-order valence-electron chi connectivity index (χ3n) is 2.52. The topological polar surface area (TPSA) is 50.3 Å². The third kappa shape index (κ3) is 5.87. The smallest absolute Gasteiger partial charge is 0.228 e. The molecule has 1 aromatic rings. The molecule has 0 aliphatic heterocycles. The Bertz CT molecular complexity index is 393. The van der Waals surface area contributed by atoms with E-state index in [1.54, 1.807) is 0 Å². The van der Waals surface area contributed by atoms with Gasteiger partial charge in [-0.25, -0.2) is 4.98 Å². The summed E-state index contributed by atoms with van der Waals surface area (Å²) in [5.74, 6) is 1.35. The molecule has 0 aliphatic carbocycles. The van der Waals surface area contributed by atoms with E-state index in [0.29, 0.717) is 17.9 Å². The van der Waals surface area contributed by atoms with Crippen molar-refractivity contribution in [2.24, 2.45) is 0 Å². The van der Waals surface area contributed by atoms with E-state index in [0.717, 1.165) is 18.8 Å². The first kappa shape index (κ1) is 15.7. The molecular formula is C14H26N4O. The minimum Gasteiger partial charge on any atom is -0.475 e. The van der Waals surface area contributed by atoms with E-state index in [1.807, 2.05) is 38.8 Å². The molecule has 0 bridgehead atoms. The van der Waals surface area contributed by atoms with Gasteiger partial charge in [0, 0.05) is 37.9 Å². The molecule has 19 heavy (non-hydrogen) atoms. The van der Waals surface area contributed by atoms with Crippen LogP contribution in [-0.2, 0) is 0 Å². The molecule has 1 heterocycles. The van der Waals surface area contributed by atoms with E-state index >= 15 is 0 Å². The molecule has 0 aromatic carbocycles. The molecule has 0 saturated carbocycles. The molecule has 0 radical (unpaired) electrons. The number of hydrogen-bond donors (Lipinski definition) is 1. The predicted molar refractivity (Wildman–Crippen MR) is 78.9 cm³/mol. The van der Waals surface area contributed by atoms with Crippen molar-refractivity contribution in [2.45, 2.75) is 46.8 Å². The first-order chi connectivity index (χ1) is 8.88. The minimum atomic E-state index is 0.120. The summed E-state index contributed by atoms with van der Waals surface area (Å²) in [6, 6.07) is 2.36. The molecule has 5 heteroatoms. The van der Waals surface area contributed by atoms with Crippen LogP contribution in [0.15, 0.2) is 6.07 Å². The van der Waals surface area contributed by atoms with Crippen LogP contribution in [0.25, 0.3) is 0 Å². The first-order valence-corrected chi connectivity index (χ1v) is 6.85. The van der Waals surface area contributed by atoms with Gasteiger partial charge in [-0.05, 0) is 20.8 Å². The summed E-state index contributed by atoms with van der Waals surface area (Å²) < 4.78 is 5.64. The number of rotatable bonds is 7. The van der Waals surface area contributed by atoms with Crippen LogP contribution in [0.4, 0.5) is 5.95 Å². The maximum Gasteiger partial charge on any atom is 0.228 e. The number of ether oxygens (including phenoxy) is 1. The molecule has 1 aromatic heterocycles. The normalized spacial score (nSPS) is 11.2. The fraction of sp³-hybridized carbons (Fsp3) is 0.714. The molecule has 1 rings (SSSR count). The highest BCUT2D eigenvalue weighted by Crippen LogP contribution is 2.15. The van der Waals surface area contributed by atoms with Gasteiger partial charge in [0.25, 0.3) is 0 Å². The van der Waals surface area contributed by atoms with Crippen molar-refractivity contribution in [3.63, 3.8) is 0 Å². The number of aromatic nitrogens is 2. The van der Waals surface area contributed by atoms with Crippen LogP contribution in [0.2, 0.25) is 0 Å². The second kappa shape index (κ2) is 7.28. The van der Waals surface area contributed by atoms with Crippen LogP contribution in [0.5, 0.6) is 5.88 Å². The lowest BCUT2D eigenvalue weighted by Gasteiger charge is -2.19. The maximum absolute atomic E-state index is 5.64. The van der Waals surface area contributed by atoms with Crippen LogP contribution in [0.1, 0.15) is 33.4 Å². The zero-order chi connectivity index (χ0) is 14.4. The van der Waals surface area contributed by atoms with Crippen LogP contribution in [-0.4, -0.2) is 42.3 Å². The van der Waals surface area contributed by atoms with Crippen molar-refractivity contribution in [1.29, 1.82) is 0 Å². The standard InChI is InChI=1S/C14H26N4O/c1-10(2)15-7-8-18(6)14-16-12(5)9-13(17-14)19-11(3)4/h9-11,15H,7-8H2,1-6H3. The summed E-state index contributed by atoms with van der Waals surface area (Å²) in [4.78, 5) is 10.9. The Morgan fingerprint density at radius 1 is 1.26 bits per heavy atom. The zero-order valence-corrected chi connectivity index (χ0v) is 12.9. The number of likely N-dealkylation sites (N-methyl/N-ethyl adjacent to an activating group) is 1. The Hall–Kier alpha value is -1.36. The molecule has 0 aliphatic rings. The highest BCUT2D eigenvalue weighted by molar-refractivity contribution is 5.33. The molecule has 0 unspecified atom stereocenters. The van der Waals surface area contributed by atoms with Gasteiger partial charge >= 0.3 is 0 Å². The maximum atomic E-state index is 5.64. The molecule has 0 amide bonds. The Morgan fingerprint density at radius 2 is 1.95 bits per heavy atom. The van der Waals surface area contributed by atoms with Crippen molar-refractivity contribution < 1.29 is 4.74 Å². The van der Waals surface area contributed by atoms with E-state index in [1.165, 1.54) is 0 Å². The molecule has 0 saturated heterocycles. The van der Waals surface area contributed by atoms with Crippen molar-refractivity contribution in [1.82, 2.24) is 15.3 Å². The highest BCUT2D eigenvalue weighted by Gasteiger charge is 2.09. The van der Waals surface area contributed by atoms with Crippen LogP contribution >= 0.6 is 0 Å². The van der Waals surface area contributed by atoms with Crippen LogP contribution in [0, 0.1) is 6.92 Å². The number of nitrogens with one attached hydrogen (secondary N) is 1. The minimum absolute atomic E-state index is 0.120. The number of anilines is 1. The molecule has 1 N–H and O–H groups in total. The summed E-state index contributed by atoms with van der Waals surface area (Å²) in [6.45, 7) is 12.0. The van der Waals surface area contributed by atoms with E-state index in [-0.39, 0.29) is 6.10 Å². The third-order valence-corrected chi connectivity index (χ3v) is 2.52. The number of aryl methyl sites for hydroxylation is 1. The SMILES string of the molecule is Cc1cc(OC(C)C)nc(N(C)CCNC(C)C)n1. The molecule has 0 fully saturated rings. The van der Waals surface area contributed by atoms with Gasteiger partial charge < -0.3 is 15.0 Å². The molecular weight excluding hydrogens is 240 g/mol. The van der Waals surface area contributed by atoms with E-state index in [2.05, 4.69) is 29.1 Å². The monoisotopic (exact) mass is 266 g/mol. The van der Waals surface area contributed by atoms with Gasteiger partial charge in [-0.1, -0.05) is 13.8 Å². The molecule has 0 atom stereocenters. The van der Waals surface area contributed by atoms with Crippen LogP contribution in [0.3, 0.4) is 0 Å². The van der Waals surface area contributed by atoms with Gasteiger partial charge in [-0.2, -0.15) is 4.98 Å².